The smallest absolute Gasteiger partial charge is 0.303 e. The quantitative estimate of drug-likeness (QED) is 0.298. The Bertz CT molecular complexity index is 253. The highest BCUT2D eigenvalue weighted by Gasteiger charge is 2.06. The van der Waals surface area contributed by atoms with E-state index in [9.17, 15) is 4.79 Å². The molecule has 0 spiro atoms. The third-order valence-electron chi connectivity index (χ3n) is 4.63. The van der Waals surface area contributed by atoms with Crippen molar-refractivity contribution in [2.24, 2.45) is 0 Å². The number of hydrogen-bond acceptors (Lipinski definition) is 2. The summed E-state index contributed by atoms with van der Waals surface area (Å²) >= 11 is 0. The second kappa shape index (κ2) is 17.8. The Morgan fingerprint density at radius 2 is 1.22 bits per heavy atom. The van der Waals surface area contributed by atoms with Crippen molar-refractivity contribution in [3.8, 4) is 0 Å². The highest BCUT2D eigenvalue weighted by atomic mass is 16.5. The third kappa shape index (κ3) is 17.6. The molecule has 0 aliphatic heterocycles. The second-order valence-corrected chi connectivity index (χ2v) is 6.82. The normalized spacial score (nSPS) is 12.4. The average Bonchev–Trinajstić information content (AvgIpc) is 2.54. The Balaban J connectivity index is 3.31. The van der Waals surface area contributed by atoms with E-state index in [1.165, 1.54) is 83.5 Å². The molecule has 138 valence electrons. The molecule has 0 saturated carbocycles. The molecule has 0 aromatic carbocycles. The second-order valence-electron chi connectivity index (χ2n) is 6.82. The Kier molecular flexibility index (Phi) is 17.3. The van der Waals surface area contributed by atoms with Crippen LogP contribution in [-0.4, -0.2) is 24.3 Å². The topological polar surface area (TPSA) is 46.5 Å². The van der Waals surface area contributed by atoms with Crippen LogP contribution in [0.15, 0.2) is 0 Å². The van der Waals surface area contributed by atoms with E-state index in [0.717, 1.165) is 12.8 Å². The average molecular weight is 329 g/mol. The predicted molar refractivity (Wildman–Crippen MR) is 98.0 cm³/mol. The number of aliphatic carboxylic acids is 1. The minimum absolute atomic E-state index is 0.327. The van der Waals surface area contributed by atoms with Gasteiger partial charge >= 0.3 is 5.97 Å². The van der Waals surface area contributed by atoms with Crippen molar-refractivity contribution in [2.75, 3.05) is 7.11 Å². The van der Waals surface area contributed by atoms with E-state index < -0.39 is 5.97 Å². The summed E-state index contributed by atoms with van der Waals surface area (Å²) in [7, 11) is 1.85. The highest BCUT2D eigenvalue weighted by Crippen LogP contribution is 2.16. The van der Waals surface area contributed by atoms with Crippen molar-refractivity contribution in [3.63, 3.8) is 0 Å². The SMILES string of the molecule is CCCCCCCCC(CCCCCCCCCC(=O)O)OC. The van der Waals surface area contributed by atoms with Gasteiger partial charge in [-0.2, -0.15) is 0 Å². The zero-order valence-corrected chi connectivity index (χ0v) is 15.7. The van der Waals surface area contributed by atoms with Crippen LogP contribution in [0.2, 0.25) is 0 Å². The molecule has 0 bridgehead atoms. The number of rotatable bonds is 18. The molecule has 1 atom stereocenters. The maximum Gasteiger partial charge on any atom is 0.303 e. The molecule has 3 heteroatoms. The van der Waals surface area contributed by atoms with Gasteiger partial charge in [-0.1, -0.05) is 84.0 Å². The summed E-state index contributed by atoms with van der Waals surface area (Å²) in [6.45, 7) is 2.26. The Hall–Kier alpha value is -0.570. The van der Waals surface area contributed by atoms with Crippen LogP contribution in [-0.2, 0) is 9.53 Å². The van der Waals surface area contributed by atoms with Crippen LogP contribution < -0.4 is 0 Å². The lowest BCUT2D eigenvalue weighted by molar-refractivity contribution is -0.137. The molecular weight excluding hydrogens is 288 g/mol. The number of unbranched alkanes of at least 4 members (excludes halogenated alkanes) is 11. The van der Waals surface area contributed by atoms with E-state index in [0.29, 0.717) is 12.5 Å². The minimum atomic E-state index is -0.666. The lowest BCUT2D eigenvalue weighted by Gasteiger charge is -2.15. The summed E-state index contributed by atoms with van der Waals surface area (Å²) in [4.78, 5) is 10.4. The molecule has 1 unspecified atom stereocenters. The number of carboxylic acids is 1. The number of methoxy groups -OCH3 is 1. The standard InChI is InChI=1S/C20H40O3/c1-3-4-5-6-10-13-16-19(23-2)17-14-11-8-7-9-12-15-18-20(21)22/h19H,3-18H2,1-2H3,(H,21,22). The van der Waals surface area contributed by atoms with Gasteiger partial charge in [0.15, 0.2) is 0 Å². The number of carboxylic acid groups (broad SMARTS) is 1. The van der Waals surface area contributed by atoms with E-state index in [-0.39, 0.29) is 0 Å². The monoisotopic (exact) mass is 328 g/mol. The molecule has 0 saturated heterocycles. The van der Waals surface area contributed by atoms with E-state index in [4.69, 9.17) is 9.84 Å². The zero-order valence-electron chi connectivity index (χ0n) is 15.7. The molecule has 3 nitrogen and oxygen atoms in total. The van der Waals surface area contributed by atoms with Gasteiger partial charge in [-0.25, -0.2) is 0 Å². The van der Waals surface area contributed by atoms with Crippen molar-refractivity contribution < 1.29 is 14.6 Å². The molecule has 0 aliphatic carbocycles. The Labute approximate surface area is 144 Å². The van der Waals surface area contributed by atoms with Crippen molar-refractivity contribution in [1.82, 2.24) is 0 Å². The molecule has 0 radical (unpaired) electrons. The first kappa shape index (κ1) is 22.4. The van der Waals surface area contributed by atoms with Crippen LogP contribution in [0.1, 0.15) is 110 Å². The summed E-state index contributed by atoms with van der Waals surface area (Å²) in [6.07, 6.45) is 19.5. The molecule has 0 heterocycles. The summed E-state index contributed by atoms with van der Waals surface area (Å²) in [5.41, 5.74) is 0. The zero-order chi connectivity index (χ0) is 17.2. The maximum atomic E-state index is 10.4. The lowest BCUT2D eigenvalue weighted by Crippen LogP contribution is -2.10. The van der Waals surface area contributed by atoms with Crippen molar-refractivity contribution in [2.45, 2.75) is 116 Å². The van der Waals surface area contributed by atoms with Crippen LogP contribution in [0.5, 0.6) is 0 Å². The van der Waals surface area contributed by atoms with Gasteiger partial charge in [0, 0.05) is 13.5 Å². The van der Waals surface area contributed by atoms with E-state index in [1.807, 2.05) is 7.11 Å². The molecule has 23 heavy (non-hydrogen) atoms. The number of ether oxygens (including phenoxy) is 1. The molecule has 0 aromatic rings. The first-order valence-corrected chi connectivity index (χ1v) is 9.95. The van der Waals surface area contributed by atoms with Crippen LogP contribution >= 0.6 is 0 Å². The van der Waals surface area contributed by atoms with Crippen LogP contribution in [0.25, 0.3) is 0 Å². The highest BCUT2D eigenvalue weighted by molar-refractivity contribution is 5.66. The summed E-state index contributed by atoms with van der Waals surface area (Å²) in [5.74, 6) is -0.666. The summed E-state index contributed by atoms with van der Waals surface area (Å²) in [5, 5.41) is 8.57. The van der Waals surface area contributed by atoms with Crippen LogP contribution in [0.3, 0.4) is 0 Å². The van der Waals surface area contributed by atoms with Crippen LogP contribution in [0.4, 0.5) is 0 Å². The third-order valence-corrected chi connectivity index (χ3v) is 4.63. The fraction of sp³-hybridized carbons (Fsp3) is 0.950. The number of carbonyl (C=O) groups is 1. The van der Waals surface area contributed by atoms with Gasteiger partial charge in [0.2, 0.25) is 0 Å². The van der Waals surface area contributed by atoms with E-state index in [2.05, 4.69) is 6.92 Å². The molecular formula is C20H40O3. The van der Waals surface area contributed by atoms with Gasteiger partial charge in [0.25, 0.3) is 0 Å². The predicted octanol–water partition coefficient (Wildman–Crippen LogP) is 6.35. The van der Waals surface area contributed by atoms with Gasteiger partial charge in [0.05, 0.1) is 6.10 Å². The Morgan fingerprint density at radius 3 is 1.65 bits per heavy atom. The largest absolute Gasteiger partial charge is 0.481 e. The first-order chi connectivity index (χ1) is 11.2. The number of hydrogen-bond donors (Lipinski definition) is 1. The van der Waals surface area contributed by atoms with Gasteiger partial charge in [-0.15, -0.1) is 0 Å². The molecule has 0 fully saturated rings. The summed E-state index contributed by atoms with van der Waals surface area (Å²) < 4.78 is 5.60. The maximum absolute atomic E-state index is 10.4. The minimum Gasteiger partial charge on any atom is -0.481 e. The van der Waals surface area contributed by atoms with E-state index >= 15 is 0 Å². The molecule has 0 aromatic heterocycles. The Morgan fingerprint density at radius 1 is 0.783 bits per heavy atom. The molecule has 0 aliphatic rings. The van der Waals surface area contributed by atoms with Crippen molar-refractivity contribution >= 4 is 5.97 Å². The van der Waals surface area contributed by atoms with E-state index in [1.54, 1.807) is 0 Å². The lowest BCUT2D eigenvalue weighted by atomic mass is 10.0. The fourth-order valence-electron chi connectivity index (χ4n) is 3.06. The van der Waals surface area contributed by atoms with Crippen molar-refractivity contribution in [3.05, 3.63) is 0 Å². The molecule has 1 N–H and O–H groups in total. The fourth-order valence-corrected chi connectivity index (χ4v) is 3.06. The van der Waals surface area contributed by atoms with Crippen molar-refractivity contribution in [1.29, 1.82) is 0 Å². The first-order valence-electron chi connectivity index (χ1n) is 9.95. The van der Waals surface area contributed by atoms with Gasteiger partial charge < -0.3 is 9.84 Å². The molecule has 0 amide bonds. The van der Waals surface area contributed by atoms with Gasteiger partial charge in [-0.3, -0.25) is 4.79 Å². The van der Waals surface area contributed by atoms with Gasteiger partial charge in [-0.05, 0) is 19.3 Å². The van der Waals surface area contributed by atoms with Gasteiger partial charge in [0.1, 0.15) is 0 Å². The summed E-state index contributed by atoms with van der Waals surface area (Å²) in [6, 6.07) is 0. The van der Waals surface area contributed by atoms with Crippen LogP contribution in [0, 0.1) is 0 Å². The molecule has 0 rings (SSSR count).